The molecule has 0 aliphatic heterocycles. The van der Waals surface area contributed by atoms with Crippen LogP contribution in [-0.2, 0) is 11.2 Å². The number of nitrogens with zero attached hydrogens (tertiary/aromatic N) is 4. The van der Waals surface area contributed by atoms with E-state index in [1.54, 1.807) is 0 Å². The minimum atomic E-state index is 0.260. The van der Waals surface area contributed by atoms with Gasteiger partial charge in [0.25, 0.3) is 0 Å². The lowest BCUT2D eigenvalue weighted by Gasteiger charge is -2.32. The maximum Gasteiger partial charge on any atom is 0.223 e. The van der Waals surface area contributed by atoms with Crippen LogP contribution in [0.1, 0.15) is 69.0 Å². The summed E-state index contributed by atoms with van der Waals surface area (Å²) in [5.41, 5.74) is 4.01. The Bertz CT molecular complexity index is 1140. The van der Waals surface area contributed by atoms with Gasteiger partial charge in [0.05, 0.1) is 16.8 Å². The van der Waals surface area contributed by atoms with Crippen molar-refractivity contribution in [3.63, 3.8) is 0 Å². The van der Waals surface area contributed by atoms with Crippen LogP contribution in [-0.4, -0.2) is 37.7 Å². The van der Waals surface area contributed by atoms with Gasteiger partial charge in [0, 0.05) is 24.4 Å². The summed E-state index contributed by atoms with van der Waals surface area (Å²) in [5.74, 6) is 2.23. The molecule has 2 aliphatic rings. The molecular formula is C26H34N6O. The lowest BCUT2D eigenvalue weighted by Crippen LogP contribution is -2.44. The molecule has 7 nitrogen and oxygen atoms in total. The number of hydrogen-bond acceptors (Lipinski definition) is 5. The third-order valence-electron chi connectivity index (χ3n) is 7.23. The minimum Gasteiger partial charge on any atom is -0.367 e. The Morgan fingerprint density at radius 1 is 1.00 bits per heavy atom. The topological polar surface area (TPSA) is 84.7 Å². The van der Waals surface area contributed by atoms with Gasteiger partial charge in [-0.25, -0.2) is 14.6 Å². The highest BCUT2D eigenvalue weighted by Gasteiger charge is 2.29. The van der Waals surface area contributed by atoms with E-state index < -0.39 is 0 Å². The van der Waals surface area contributed by atoms with Crippen molar-refractivity contribution in [2.45, 2.75) is 84.2 Å². The fraction of sp³-hybridized carbons (Fsp3) is 0.538. The Balaban J connectivity index is 1.35. The summed E-state index contributed by atoms with van der Waals surface area (Å²) < 4.78 is 1.93. The molecule has 2 heterocycles. The highest BCUT2D eigenvalue weighted by atomic mass is 16.2. The second-order valence-electron chi connectivity index (χ2n) is 9.70. The van der Waals surface area contributed by atoms with E-state index in [4.69, 9.17) is 15.1 Å². The fourth-order valence-electron chi connectivity index (χ4n) is 4.92. The molecule has 7 heteroatoms. The third kappa shape index (κ3) is 4.45. The summed E-state index contributed by atoms with van der Waals surface area (Å²) in [7, 11) is 0. The number of benzene rings is 1. The highest BCUT2D eigenvalue weighted by molar-refractivity contribution is 5.90. The first-order valence-corrected chi connectivity index (χ1v) is 12.4. The lowest BCUT2D eigenvalue weighted by atomic mass is 9.84. The zero-order valence-corrected chi connectivity index (χ0v) is 19.9. The van der Waals surface area contributed by atoms with Crippen LogP contribution in [0.2, 0.25) is 0 Å². The molecule has 174 valence electrons. The molecule has 2 aromatic heterocycles. The maximum atomic E-state index is 12.3. The van der Waals surface area contributed by atoms with Gasteiger partial charge in [-0.05, 0) is 64.5 Å². The molecule has 0 saturated heterocycles. The Morgan fingerprint density at radius 3 is 2.33 bits per heavy atom. The maximum absolute atomic E-state index is 12.3. The van der Waals surface area contributed by atoms with Crippen LogP contribution in [0, 0.1) is 19.8 Å². The number of nitrogens with one attached hydrogen (secondary N) is 2. The quantitative estimate of drug-likeness (QED) is 0.576. The number of amides is 1. The van der Waals surface area contributed by atoms with Gasteiger partial charge in [-0.15, -0.1) is 0 Å². The average molecular weight is 447 g/mol. The van der Waals surface area contributed by atoms with Gasteiger partial charge in [-0.2, -0.15) is 5.10 Å². The molecule has 0 atom stereocenters. The van der Waals surface area contributed by atoms with Crippen LogP contribution >= 0.6 is 0 Å². The SMILES string of the molecule is CCc1nc(NC2CCC(NC(=O)C3CCC3)CC2)c2c(C)nn(-c3ccc(C)cc3)c2n1. The molecule has 2 N–H and O–H groups in total. The summed E-state index contributed by atoms with van der Waals surface area (Å²) in [6.07, 6.45) is 8.13. The van der Waals surface area contributed by atoms with E-state index >= 15 is 0 Å². The van der Waals surface area contributed by atoms with Crippen molar-refractivity contribution in [1.29, 1.82) is 0 Å². The van der Waals surface area contributed by atoms with Crippen LogP contribution in [0.25, 0.3) is 16.7 Å². The highest BCUT2D eigenvalue weighted by Crippen LogP contribution is 2.31. The van der Waals surface area contributed by atoms with Gasteiger partial charge in [-0.1, -0.05) is 31.0 Å². The molecule has 33 heavy (non-hydrogen) atoms. The van der Waals surface area contributed by atoms with E-state index in [9.17, 15) is 4.79 Å². The predicted molar refractivity (Wildman–Crippen MR) is 131 cm³/mol. The van der Waals surface area contributed by atoms with Crippen molar-refractivity contribution >= 4 is 22.8 Å². The van der Waals surface area contributed by atoms with Gasteiger partial charge in [-0.3, -0.25) is 4.79 Å². The second kappa shape index (κ2) is 9.12. The van der Waals surface area contributed by atoms with Crippen molar-refractivity contribution < 1.29 is 4.79 Å². The molecule has 0 bridgehead atoms. The third-order valence-corrected chi connectivity index (χ3v) is 7.23. The zero-order chi connectivity index (χ0) is 22.9. The number of fused-ring (bicyclic) bond motifs is 1. The van der Waals surface area contributed by atoms with Gasteiger partial charge in [0.1, 0.15) is 11.6 Å². The summed E-state index contributed by atoms with van der Waals surface area (Å²) >= 11 is 0. The Morgan fingerprint density at radius 2 is 1.70 bits per heavy atom. The lowest BCUT2D eigenvalue weighted by molar-refractivity contribution is -0.128. The van der Waals surface area contributed by atoms with Crippen molar-refractivity contribution in [2.75, 3.05) is 5.32 Å². The first kappa shape index (κ1) is 21.9. The monoisotopic (exact) mass is 446 g/mol. The van der Waals surface area contributed by atoms with Crippen LogP contribution < -0.4 is 10.6 Å². The molecule has 0 radical (unpaired) electrons. The first-order chi connectivity index (χ1) is 16.0. The number of rotatable bonds is 6. The molecule has 3 aromatic rings. The van der Waals surface area contributed by atoms with Gasteiger partial charge in [0.2, 0.25) is 5.91 Å². The average Bonchev–Trinajstić information content (AvgIpc) is 3.11. The van der Waals surface area contributed by atoms with Crippen molar-refractivity contribution in [2.24, 2.45) is 5.92 Å². The van der Waals surface area contributed by atoms with Gasteiger partial charge < -0.3 is 10.6 Å². The van der Waals surface area contributed by atoms with Crippen molar-refractivity contribution in [3.05, 3.63) is 41.3 Å². The number of carbonyl (C=O) groups is 1. The van der Waals surface area contributed by atoms with Crippen LogP contribution in [0.5, 0.6) is 0 Å². The minimum absolute atomic E-state index is 0.260. The Hall–Kier alpha value is -2.96. The standard InChI is InChI=1S/C26H34N6O/c1-4-22-29-24(27-19-10-12-20(13-11-19)28-26(33)18-6-5-7-18)23-17(3)31-32(25(23)30-22)21-14-8-16(2)9-15-21/h8-9,14-15,18-20H,4-7,10-13H2,1-3H3,(H,28,33)(H,27,29,30). The predicted octanol–water partition coefficient (Wildman–Crippen LogP) is 4.63. The smallest absolute Gasteiger partial charge is 0.223 e. The number of carbonyl (C=O) groups excluding carboxylic acids is 1. The number of anilines is 1. The van der Waals surface area contributed by atoms with E-state index in [0.717, 1.165) is 79.0 Å². The number of hydrogen-bond donors (Lipinski definition) is 2. The van der Waals surface area contributed by atoms with Gasteiger partial charge >= 0.3 is 0 Å². The Kier molecular flexibility index (Phi) is 6.04. The van der Waals surface area contributed by atoms with Crippen LogP contribution in [0.3, 0.4) is 0 Å². The van der Waals surface area contributed by atoms with E-state index in [2.05, 4.69) is 48.7 Å². The summed E-state index contributed by atoms with van der Waals surface area (Å²) in [5, 5.41) is 12.8. The number of aromatic nitrogens is 4. The van der Waals surface area contributed by atoms with E-state index in [-0.39, 0.29) is 11.8 Å². The Labute approximate surface area is 195 Å². The molecule has 1 aromatic carbocycles. The van der Waals surface area contributed by atoms with Crippen molar-refractivity contribution in [1.82, 2.24) is 25.1 Å². The van der Waals surface area contributed by atoms with E-state index in [1.165, 1.54) is 12.0 Å². The number of aryl methyl sites for hydroxylation is 3. The van der Waals surface area contributed by atoms with Crippen LogP contribution in [0.15, 0.2) is 24.3 Å². The van der Waals surface area contributed by atoms with E-state index in [1.807, 2.05) is 11.6 Å². The molecule has 2 aliphatic carbocycles. The summed E-state index contributed by atoms with van der Waals surface area (Å²) in [6, 6.07) is 9.01. The fourth-order valence-corrected chi connectivity index (χ4v) is 4.92. The molecule has 2 fully saturated rings. The normalized spacial score (nSPS) is 21.1. The van der Waals surface area contributed by atoms with E-state index in [0.29, 0.717) is 12.1 Å². The molecule has 0 spiro atoms. The van der Waals surface area contributed by atoms with Crippen molar-refractivity contribution in [3.8, 4) is 5.69 Å². The van der Waals surface area contributed by atoms with Gasteiger partial charge in [0.15, 0.2) is 5.65 Å². The second-order valence-corrected chi connectivity index (χ2v) is 9.70. The molecule has 1 amide bonds. The zero-order valence-electron chi connectivity index (χ0n) is 19.9. The summed E-state index contributed by atoms with van der Waals surface area (Å²) in [6.45, 7) is 6.20. The van der Waals surface area contributed by atoms with Crippen LogP contribution in [0.4, 0.5) is 5.82 Å². The first-order valence-electron chi connectivity index (χ1n) is 12.4. The molecule has 5 rings (SSSR count). The summed E-state index contributed by atoms with van der Waals surface area (Å²) in [4.78, 5) is 22.0. The largest absolute Gasteiger partial charge is 0.367 e. The molecule has 0 unspecified atom stereocenters. The molecular weight excluding hydrogens is 412 g/mol. The molecule has 2 saturated carbocycles.